The largest absolute Gasteiger partial charge is 0.479 e. The first-order chi connectivity index (χ1) is 9.99. The van der Waals surface area contributed by atoms with Crippen molar-refractivity contribution in [2.75, 3.05) is 33.3 Å². The first-order valence-corrected chi connectivity index (χ1v) is 6.40. The summed E-state index contributed by atoms with van der Waals surface area (Å²) < 4.78 is 10.0. The van der Waals surface area contributed by atoms with E-state index in [-0.39, 0.29) is 31.4 Å². The number of carboxylic acids is 1. The van der Waals surface area contributed by atoms with Crippen molar-refractivity contribution in [3.05, 3.63) is 24.2 Å². The molecular formula is C13H16N2O6. The fraction of sp³-hybridized carbons (Fsp3) is 0.462. The zero-order valence-electron chi connectivity index (χ0n) is 11.5. The molecule has 0 aliphatic carbocycles. The fourth-order valence-corrected chi connectivity index (χ4v) is 1.99. The molecule has 1 aromatic heterocycles. The molecule has 2 amide bonds. The summed E-state index contributed by atoms with van der Waals surface area (Å²) in [5.41, 5.74) is 0. The number of likely N-dealkylation sites (N-methyl/N-ethyl adjacent to an activating group) is 1. The van der Waals surface area contributed by atoms with Crippen LogP contribution in [-0.4, -0.2) is 72.1 Å². The number of ether oxygens (including phenoxy) is 1. The number of hydrogen-bond donors (Lipinski definition) is 1. The molecule has 0 spiro atoms. The summed E-state index contributed by atoms with van der Waals surface area (Å²) in [5, 5.41) is 8.89. The van der Waals surface area contributed by atoms with Crippen LogP contribution < -0.4 is 0 Å². The Morgan fingerprint density at radius 3 is 2.86 bits per heavy atom. The van der Waals surface area contributed by atoms with Gasteiger partial charge < -0.3 is 24.1 Å². The molecule has 1 unspecified atom stereocenters. The number of amides is 2. The van der Waals surface area contributed by atoms with Crippen LogP contribution >= 0.6 is 0 Å². The van der Waals surface area contributed by atoms with Crippen LogP contribution in [0.1, 0.15) is 10.6 Å². The molecule has 8 heteroatoms. The normalized spacial score (nSPS) is 18.3. The van der Waals surface area contributed by atoms with Gasteiger partial charge in [0, 0.05) is 13.6 Å². The van der Waals surface area contributed by atoms with E-state index < -0.39 is 18.0 Å². The maximum absolute atomic E-state index is 12.1. The molecule has 0 aromatic carbocycles. The van der Waals surface area contributed by atoms with E-state index in [1.807, 2.05) is 0 Å². The summed E-state index contributed by atoms with van der Waals surface area (Å²) in [7, 11) is 1.48. The van der Waals surface area contributed by atoms with Gasteiger partial charge in [-0.3, -0.25) is 9.59 Å². The molecule has 8 nitrogen and oxygen atoms in total. The maximum atomic E-state index is 12.1. The van der Waals surface area contributed by atoms with Crippen LogP contribution in [0.2, 0.25) is 0 Å². The monoisotopic (exact) mass is 296 g/mol. The Labute approximate surface area is 120 Å². The molecule has 1 saturated heterocycles. The van der Waals surface area contributed by atoms with Gasteiger partial charge in [0.25, 0.3) is 5.91 Å². The van der Waals surface area contributed by atoms with E-state index in [9.17, 15) is 14.4 Å². The number of furan rings is 1. The fourth-order valence-electron chi connectivity index (χ4n) is 1.99. The summed E-state index contributed by atoms with van der Waals surface area (Å²) in [5.74, 6) is -1.69. The highest BCUT2D eigenvalue weighted by Gasteiger charge is 2.30. The molecule has 1 aliphatic rings. The Balaban J connectivity index is 1.91. The third-order valence-electron chi connectivity index (χ3n) is 3.15. The van der Waals surface area contributed by atoms with Gasteiger partial charge in [0.05, 0.1) is 26.0 Å². The molecule has 114 valence electrons. The number of carboxylic acid groups (broad SMARTS) is 1. The number of carbonyl (C=O) groups is 3. The minimum absolute atomic E-state index is 0.0169. The third-order valence-corrected chi connectivity index (χ3v) is 3.15. The first kappa shape index (κ1) is 15.0. The van der Waals surface area contributed by atoms with Crippen LogP contribution in [0.25, 0.3) is 0 Å². The Hall–Kier alpha value is -2.35. The van der Waals surface area contributed by atoms with Crippen molar-refractivity contribution in [2.24, 2.45) is 0 Å². The Bertz CT molecular complexity index is 527. The number of aliphatic carboxylic acids is 1. The van der Waals surface area contributed by atoms with Gasteiger partial charge >= 0.3 is 5.97 Å². The molecule has 1 fully saturated rings. The molecule has 1 atom stereocenters. The second-order valence-electron chi connectivity index (χ2n) is 4.68. The van der Waals surface area contributed by atoms with Crippen molar-refractivity contribution in [1.29, 1.82) is 0 Å². The van der Waals surface area contributed by atoms with Gasteiger partial charge in [-0.1, -0.05) is 0 Å². The lowest BCUT2D eigenvalue weighted by Gasteiger charge is -2.31. The quantitative estimate of drug-likeness (QED) is 0.816. The van der Waals surface area contributed by atoms with Crippen molar-refractivity contribution in [1.82, 2.24) is 9.80 Å². The van der Waals surface area contributed by atoms with Crippen molar-refractivity contribution < 1.29 is 28.6 Å². The average Bonchev–Trinajstić information content (AvgIpc) is 3.00. The number of hydrogen-bond acceptors (Lipinski definition) is 5. The Morgan fingerprint density at radius 1 is 1.48 bits per heavy atom. The van der Waals surface area contributed by atoms with Gasteiger partial charge in [-0.05, 0) is 12.1 Å². The molecule has 1 aromatic rings. The van der Waals surface area contributed by atoms with E-state index in [4.69, 9.17) is 14.3 Å². The van der Waals surface area contributed by atoms with E-state index in [2.05, 4.69) is 0 Å². The Kier molecular flexibility index (Phi) is 4.59. The van der Waals surface area contributed by atoms with E-state index in [1.54, 1.807) is 6.07 Å². The number of nitrogens with zero attached hydrogens (tertiary/aromatic N) is 2. The molecule has 0 saturated carbocycles. The lowest BCUT2D eigenvalue weighted by atomic mass is 10.2. The second kappa shape index (κ2) is 6.40. The average molecular weight is 296 g/mol. The van der Waals surface area contributed by atoms with Crippen LogP contribution in [0.4, 0.5) is 0 Å². The smallest absolute Gasteiger partial charge is 0.334 e. The maximum Gasteiger partial charge on any atom is 0.334 e. The number of carbonyl (C=O) groups excluding carboxylic acids is 2. The van der Waals surface area contributed by atoms with Crippen LogP contribution in [0, 0.1) is 0 Å². The molecular weight excluding hydrogens is 280 g/mol. The van der Waals surface area contributed by atoms with Gasteiger partial charge in [0.1, 0.15) is 0 Å². The van der Waals surface area contributed by atoms with E-state index in [1.165, 1.54) is 29.2 Å². The lowest BCUT2D eigenvalue weighted by molar-refractivity contribution is -0.159. The highest BCUT2D eigenvalue weighted by molar-refractivity contribution is 5.94. The summed E-state index contributed by atoms with van der Waals surface area (Å²) in [6, 6.07) is 3.10. The summed E-state index contributed by atoms with van der Waals surface area (Å²) in [4.78, 5) is 37.5. The highest BCUT2D eigenvalue weighted by Crippen LogP contribution is 2.08. The van der Waals surface area contributed by atoms with Crippen molar-refractivity contribution >= 4 is 17.8 Å². The van der Waals surface area contributed by atoms with Gasteiger partial charge in [-0.25, -0.2) is 4.79 Å². The number of rotatable bonds is 4. The van der Waals surface area contributed by atoms with E-state index >= 15 is 0 Å². The van der Waals surface area contributed by atoms with Crippen LogP contribution in [0.5, 0.6) is 0 Å². The number of morpholine rings is 1. The van der Waals surface area contributed by atoms with Crippen molar-refractivity contribution in [3.63, 3.8) is 0 Å². The standard InChI is InChI=1S/C13H16N2O6/c1-14(12(17)9-3-2-5-20-9)8-11(16)15-4-6-21-10(7-15)13(18)19/h2-3,5,10H,4,6-8H2,1H3,(H,18,19). The predicted octanol–water partition coefficient (Wildman–Crippen LogP) is -0.336. The van der Waals surface area contributed by atoms with Gasteiger partial charge in [0.2, 0.25) is 5.91 Å². The highest BCUT2D eigenvalue weighted by atomic mass is 16.5. The van der Waals surface area contributed by atoms with Gasteiger partial charge in [0.15, 0.2) is 11.9 Å². The third kappa shape index (κ3) is 3.60. The molecule has 2 heterocycles. The van der Waals surface area contributed by atoms with E-state index in [0.717, 1.165) is 0 Å². The molecule has 1 aliphatic heterocycles. The summed E-state index contributed by atoms with van der Waals surface area (Å²) >= 11 is 0. The molecule has 0 bridgehead atoms. The SMILES string of the molecule is CN(CC(=O)N1CCOC(C(=O)O)C1)C(=O)c1ccco1. The molecule has 1 N–H and O–H groups in total. The van der Waals surface area contributed by atoms with Gasteiger partial charge in [-0.15, -0.1) is 0 Å². The topological polar surface area (TPSA) is 100 Å². The predicted molar refractivity (Wildman–Crippen MR) is 69.6 cm³/mol. The summed E-state index contributed by atoms with van der Waals surface area (Å²) in [6.07, 6.45) is 0.358. The zero-order valence-corrected chi connectivity index (χ0v) is 11.5. The van der Waals surface area contributed by atoms with Crippen LogP contribution in [-0.2, 0) is 14.3 Å². The van der Waals surface area contributed by atoms with Crippen LogP contribution in [0.3, 0.4) is 0 Å². The first-order valence-electron chi connectivity index (χ1n) is 6.40. The molecule has 21 heavy (non-hydrogen) atoms. The van der Waals surface area contributed by atoms with E-state index in [0.29, 0.717) is 6.54 Å². The van der Waals surface area contributed by atoms with Crippen molar-refractivity contribution in [3.8, 4) is 0 Å². The minimum Gasteiger partial charge on any atom is -0.479 e. The second-order valence-corrected chi connectivity index (χ2v) is 4.68. The lowest BCUT2D eigenvalue weighted by Crippen LogP contribution is -2.51. The summed E-state index contributed by atoms with van der Waals surface area (Å²) in [6.45, 7) is 0.312. The minimum atomic E-state index is -1.10. The molecule has 0 radical (unpaired) electrons. The Morgan fingerprint density at radius 2 is 2.24 bits per heavy atom. The van der Waals surface area contributed by atoms with Crippen LogP contribution in [0.15, 0.2) is 22.8 Å². The zero-order chi connectivity index (χ0) is 15.4. The van der Waals surface area contributed by atoms with Crippen molar-refractivity contribution in [2.45, 2.75) is 6.10 Å². The molecule has 2 rings (SSSR count). The van der Waals surface area contributed by atoms with Gasteiger partial charge in [-0.2, -0.15) is 0 Å².